The van der Waals surface area contributed by atoms with E-state index in [-0.39, 0.29) is 11.1 Å². The van der Waals surface area contributed by atoms with Gasteiger partial charge in [0.1, 0.15) is 17.5 Å². The van der Waals surface area contributed by atoms with Gasteiger partial charge in [-0.3, -0.25) is 5.32 Å². The summed E-state index contributed by atoms with van der Waals surface area (Å²) in [5, 5.41) is 5.15. The molecule has 0 aliphatic carbocycles. The molecule has 0 aliphatic heterocycles. The van der Waals surface area contributed by atoms with Crippen LogP contribution in [0.3, 0.4) is 0 Å². The smallest absolute Gasteiger partial charge is 0.305 e. The summed E-state index contributed by atoms with van der Waals surface area (Å²) in [6, 6.07) is 13.8. The van der Waals surface area contributed by atoms with Crippen molar-refractivity contribution < 1.29 is 13.6 Å². The number of aromatic nitrogens is 1. The number of rotatable bonds is 3. The molecule has 3 aromatic rings. The zero-order valence-corrected chi connectivity index (χ0v) is 15.4. The number of amides is 2. The topological polar surface area (TPSA) is 46.1 Å². The van der Waals surface area contributed by atoms with Crippen LogP contribution in [0.15, 0.2) is 60.8 Å². The van der Waals surface area contributed by atoms with Crippen LogP contribution in [0.2, 0.25) is 0 Å². The number of carbonyl (C=O) groups is 1. The van der Waals surface area contributed by atoms with Gasteiger partial charge in [0.15, 0.2) is 0 Å². The van der Waals surface area contributed by atoms with Crippen molar-refractivity contribution in [3.05, 3.63) is 78.0 Å². The van der Waals surface area contributed by atoms with Gasteiger partial charge < -0.3 is 9.88 Å². The third-order valence-electron chi connectivity index (χ3n) is 4.14. The molecule has 1 heterocycles. The van der Waals surface area contributed by atoms with Crippen molar-refractivity contribution in [1.82, 2.24) is 4.57 Å². The predicted molar refractivity (Wildman–Crippen MR) is 103 cm³/mol. The Kier molecular flexibility index (Phi) is 4.99. The molecule has 6 heteroatoms. The molecule has 140 valence electrons. The van der Waals surface area contributed by atoms with E-state index in [1.165, 1.54) is 6.07 Å². The van der Waals surface area contributed by atoms with Gasteiger partial charge in [-0.15, -0.1) is 0 Å². The average molecular weight is 369 g/mol. The number of nitrogens with one attached hydrogen (secondary N) is 2. The normalized spacial score (nSPS) is 11.3. The van der Waals surface area contributed by atoms with Gasteiger partial charge in [0, 0.05) is 18.0 Å². The molecule has 0 saturated heterocycles. The van der Waals surface area contributed by atoms with Crippen molar-refractivity contribution in [2.45, 2.75) is 26.2 Å². The van der Waals surface area contributed by atoms with Gasteiger partial charge in [-0.2, -0.15) is 0 Å². The first-order chi connectivity index (χ1) is 12.7. The second-order valence-corrected chi connectivity index (χ2v) is 7.27. The molecule has 27 heavy (non-hydrogen) atoms. The fourth-order valence-corrected chi connectivity index (χ4v) is 2.63. The molecular formula is C21H21F2N3O. The highest BCUT2D eigenvalue weighted by atomic mass is 19.1. The largest absolute Gasteiger partial charge is 0.324 e. The third-order valence-corrected chi connectivity index (χ3v) is 4.14. The van der Waals surface area contributed by atoms with E-state index in [1.54, 1.807) is 0 Å². The first kappa shape index (κ1) is 18.6. The van der Waals surface area contributed by atoms with Crippen LogP contribution in [0.5, 0.6) is 0 Å². The zero-order chi connectivity index (χ0) is 19.6. The van der Waals surface area contributed by atoms with Gasteiger partial charge in [0.05, 0.1) is 5.69 Å². The maximum Gasteiger partial charge on any atom is 0.324 e. The minimum Gasteiger partial charge on any atom is -0.305 e. The molecule has 4 nitrogen and oxygen atoms in total. The number of urea groups is 1. The fourth-order valence-electron chi connectivity index (χ4n) is 2.63. The summed E-state index contributed by atoms with van der Waals surface area (Å²) < 4.78 is 28.6. The summed E-state index contributed by atoms with van der Waals surface area (Å²) in [5.74, 6) is -0.989. The van der Waals surface area contributed by atoms with Gasteiger partial charge in [0.2, 0.25) is 0 Å². The van der Waals surface area contributed by atoms with Crippen LogP contribution in [0, 0.1) is 11.6 Å². The first-order valence-electron chi connectivity index (χ1n) is 8.55. The van der Waals surface area contributed by atoms with Crippen LogP contribution in [-0.4, -0.2) is 10.6 Å². The van der Waals surface area contributed by atoms with Crippen LogP contribution >= 0.6 is 0 Å². The molecule has 0 saturated carbocycles. The molecule has 2 N–H and O–H groups in total. The lowest BCUT2D eigenvalue weighted by Crippen LogP contribution is -2.21. The number of carbonyl (C=O) groups excluding carboxylic acids is 1. The molecule has 0 fully saturated rings. The summed E-state index contributed by atoms with van der Waals surface area (Å²) in [7, 11) is 0. The monoisotopic (exact) mass is 369 g/mol. The molecular weight excluding hydrogens is 348 g/mol. The Morgan fingerprint density at radius 1 is 0.963 bits per heavy atom. The lowest BCUT2D eigenvalue weighted by atomic mass is 9.89. The highest BCUT2D eigenvalue weighted by molar-refractivity contribution is 5.99. The van der Waals surface area contributed by atoms with Crippen LogP contribution in [0.4, 0.5) is 25.1 Å². The van der Waals surface area contributed by atoms with E-state index in [2.05, 4.69) is 31.4 Å². The van der Waals surface area contributed by atoms with Crippen LogP contribution in [-0.2, 0) is 5.41 Å². The van der Waals surface area contributed by atoms with E-state index in [0.29, 0.717) is 5.82 Å². The Balaban J connectivity index is 1.89. The van der Waals surface area contributed by atoms with Crippen LogP contribution in [0.1, 0.15) is 26.3 Å². The lowest BCUT2D eigenvalue weighted by molar-refractivity contribution is 0.262. The number of anilines is 2. The summed E-state index contributed by atoms with van der Waals surface area (Å²) in [6.45, 7) is 6.24. The highest BCUT2D eigenvalue weighted by Crippen LogP contribution is 2.29. The standard InChI is InChI=1S/C21H21F2N3O/c1-21(2,3)14-11-19(26(13-14)16-7-5-4-6-8-16)25-20(27)24-18-10-9-15(22)12-17(18)23/h4-13H,1-3H3,(H2,24,25,27). The second-order valence-electron chi connectivity index (χ2n) is 7.27. The number of para-hydroxylation sites is 1. The number of benzene rings is 2. The Morgan fingerprint density at radius 2 is 1.67 bits per heavy atom. The van der Waals surface area contributed by atoms with Crippen molar-refractivity contribution in [2.75, 3.05) is 10.6 Å². The maximum absolute atomic E-state index is 13.8. The maximum atomic E-state index is 13.8. The molecule has 3 rings (SSSR count). The van der Waals surface area contributed by atoms with Gasteiger partial charge in [-0.05, 0) is 41.3 Å². The molecule has 0 radical (unpaired) electrons. The number of hydrogen-bond acceptors (Lipinski definition) is 1. The van der Waals surface area contributed by atoms with Gasteiger partial charge >= 0.3 is 6.03 Å². The summed E-state index contributed by atoms with van der Waals surface area (Å²) in [4.78, 5) is 12.4. The van der Waals surface area contributed by atoms with Gasteiger partial charge in [-0.25, -0.2) is 13.6 Å². The molecule has 0 unspecified atom stereocenters. The number of hydrogen-bond donors (Lipinski definition) is 2. The number of halogens is 2. The molecule has 1 aromatic heterocycles. The SMILES string of the molecule is CC(C)(C)c1cc(NC(=O)Nc2ccc(F)cc2F)n(-c2ccccc2)c1. The predicted octanol–water partition coefficient (Wildman–Crippen LogP) is 5.70. The molecule has 0 bridgehead atoms. The van der Waals surface area contributed by atoms with Crippen LogP contribution < -0.4 is 10.6 Å². The van der Waals surface area contributed by atoms with E-state index < -0.39 is 17.7 Å². The minimum absolute atomic E-state index is 0.0947. The van der Waals surface area contributed by atoms with Gasteiger partial charge in [0.25, 0.3) is 0 Å². The fraction of sp³-hybridized carbons (Fsp3) is 0.190. The van der Waals surface area contributed by atoms with Crippen molar-refractivity contribution in [3.63, 3.8) is 0 Å². The average Bonchev–Trinajstić information content (AvgIpc) is 3.02. The molecule has 0 aliphatic rings. The lowest BCUT2D eigenvalue weighted by Gasteiger charge is -2.15. The Labute approximate surface area is 156 Å². The minimum atomic E-state index is -0.834. The highest BCUT2D eigenvalue weighted by Gasteiger charge is 2.20. The molecule has 2 aromatic carbocycles. The van der Waals surface area contributed by atoms with Crippen molar-refractivity contribution in [1.29, 1.82) is 0 Å². The van der Waals surface area contributed by atoms with Crippen molar-refractivity contribution >= 4 is 17.5 Å². The summed E-state index contributed by atoms with van der Waals surface area (Å²) in [6.07, 6.45) is 1.96. The second kappa shape index (κ2) is 7.23. The summed E-state index contributed by atoms with van der Waals surface area (Å²) in [5.41, 5.74) is 1.71. The third kappa shape index (κ3) is 4.34. The van der Waals surface area contributed by atoms with E-state index in [0.717, 1.165) is 23.4 Å². The Hall–Kier alpha value is -3.15. The Bertz CT molecular complexity index is 959. The van der Waals surface area contributed by atoms with Crippen molar-refractivity contribution in [3.8, 4) is 5.69 Å². The first-order valence-corrected chi connectivity index (χ1v) is 8.55. The van der Waals surface area contributed by atoms with Crippen LogP contribution in [0.25, 0.3) is 5.69 Å². The zero-order valence-electron chi connectivity index (χ0n) is 15.4. The Morgan fingerprint density at radius 3 is 2.30 bits per heavy atom. The van der Waals surface area contributed by atoms with E-state index >= 15 is 0 Å². The number of nitrogens with zero attached hydrogens (tertiary/aromatic N) is 1. The summed E-state index contributed by atoms with van der Waals surface area (Å²) >= 11 is 0. The quantitative estimate of drug-likeness (QED) is 0.611. The van der Waals surface area contributed by atoms with E-state index in [9.17, 15) is 13.6 Å². The van der Waals surface area contributed by atoms with E-state index in [4.69, 9.17) is 0 Å². The molecule has 2 amide bonds. The van der Waals surface area contributed by atoms with E-state index in [1.807, 2.05) is 47.2 Å². The molecule has 0 atom stereocenters. The van der Waals surface area contributed by atoms with Gasteiger partial charge in [-0.1, -0.05) is 39.0 Å². The van der Waals surface area contributed by atoms with Crippen molar-refractivity contribution in [2.24, 2.45) is 0 Å². The molecule has 0 spiro atoms.